The highest BCUT2D eigenvalue weighted by Crippen LogP contribution is 2.29. The Kier molecular flexibility index (Phi) is 4.58. The predicted molar refractivity (Wildman–Crippen MR) is 88.7 cm³/mol. The standard InChI is InChI=1S/C17H19NO4S/c1-12-9-10-15(14(11-12)13-7-5-4-6-8-13)23(21,22)18-17(2,3)16(19)20/h4-11,18H,1-3H3,(H,19,20). The molecule has 0 fully saturated rings. The van der Waals surface area contributed by atoms with Crippen LogP contribution in [-0.2, 0) is 14.8 Å². The van der Waals surface area contributed by atoms with E-state index < -0.39 is 21.5 Å². The summed E-state index contributed by atoms with van der Waals surface area (Å²) in [6.07, 6.45) is 0. The Morgan fingerprint density at radius 3 is 2.26 bits per heavy atom. The summed E-state index contributed by atoms with van der Waals surface area (Å²) >= 11 is 0. The van der Waals surface area contributed by atoms with E-state index in [9.17, 15) is 13.2 Å². The summed E-state index contributed by atoms with van der Waals surface area (Å²) in [5.74, 6) is -1.24. The van der Waals surface area contributed by atoms with Gasteiger partial charge in [0.1, 0.15) is 5.54 Å². The molecule has 0 aromatic heterocycles. The summed E-state index contributed by atoms with van der Waals surface area (Å²) in [6, 6.07) is 14.1. The molecular weight excluding hydrogens is 314 g/mol. The lowest BCUT2D eigenvalue weighted by Crippen LogP contribution is -2.49. The van der Waals surface area contributed by atoms with Crippen LogP contribution in [0.1, 0.15) is 19.4 Å². The fourth-order valence-corrected chi connectivity index (χ4v) is 3.74. The highest BCUT2D eigenvalue weighted by molar-refractivity contribution is 7.89. The number of rotatable bonds is 5. The van der Waals surface area contributed by atoms with Gasteiger partial charge in [0.05, 0.1) is 4.90 Å². The Bertz CT molecular complexity index is 827. The van der Waals surface area contributed by atoms with Crippen LogP contribution in [-0.4, -0.2) is 25.0 Å². The average molecular weight is 333 g/mol. The van der Waals surface area contributed by atoms with Crippen molar-refractivity contribution in [3.05, 3.63) is 54.1 Å². The van der Waals surface area contributed by atoms with Crippen LogP contribution in [0.3, 0.4) is 0 Å². The van der Waals surface area contributed by atoms with Crippen molar-refractivity contribution in [2.24, 2.45) is 0 Å². The van der Waals surface area contributed by atoms with Gasteiger partial charge in [0, 0.05) is 5.56 Å². The molecule has 0 aliphatic rings. The topological polar surface area (TPSA) is 83.5 Å². The SMILES string of the molecule is Cc1ccc(S(=O)(=O)NC(C)(C)C(=O)O)c(-c2ccccc2)c1. The van der Waals surface area contributed by atoms with Crippen molar-refractivity contribution in [2.75, 3.05) is 0 Å². The number of aryl methyl sites for hydroxylation is 1. The third-order valence-electron chi connectivity index (χ3n) is 3.43. The van der Waals surface area contributed by atoms with Crippen molar-refractivity contribution in [3.8, 4) is 11.1 Å². The monoisotopic (exact) mass is 333 g/mol. The first kappa shape index (κ1) is 17.2. The molecule has 0 atom stereocenters. The van der Waals surface area contributed by atoms with Crippen molar-refractivity contribution in [3.63, 3.8) is 0 Å². The molecule has 2 aromatic rings. The van der Waals surface area contributed by atoms with Gasteiger partial charge in [0.25, 0.3) is 0 Å². The maximum Gasteiger partial charge on any atom is 0.324 e. The zero-order chi connectivity index (χ0) is 17.3. The smallest absolute Gasteiger partial charge is 0.324 e. The molecular formula is C17H19NO4S. The molecule has 2 N–H and O–H groups in total. The second-order valence-corrected chi connectivity index (χ2v) is 7.55. The Hall–Kier alpha value is -2.18. The van der Waals surface area contributed by atoms with Gasteiger partial charge in [-0.3, -0.25) is 4.79 Å². The molecule has 0 radical (unpaired) electrons. The van der Waals surface area contributed by atoms with E-state index >= 15 is 0 Å². The Labute approximate surface area is 136 Å². The highest BCUT2D eigenvalue weighted by atomic mass is 32.2. The normalized spacial score (nSPS) is 12.1. The molecule has 0 saturated heterocycles. The number of carbonyl (C=O) groups is 1. The van der Waals surface area contributed by atoms with Crippen molar-refractivity contribution in [1.29, 1.82) is 0 Å². The minimum atomic E-state index is -3.99. The molecule has 0 amide bonds. The maximum atomic E-state index is 12.7. The summed E-state index contributed by atoms with van der Waals surface area (Å²) < 4.78 is 27.6. The fraction of sp³-hybridized carbons (Fsp3) is 0.235. The molecule has 0 bridgehead atoms. The van der Waals surface area contributed by atoms with Gasteiger partial charge in [-0.25, -0.2) is 8.42 Å². The number of hydrogen-bond donors (Lipinski definition) is 2. The fourth-order valence-electron chi connectivity index (χ4n) is 2.16. The van der Waals surface area contributed by atoms with E-state index in [1.165, 1.54) is 19.9 Å². The molecule has 0 saturated carbocycles. The van der Waals surface area contributed by atoms with E-state index in [-0.39, 0.29) is 4.90 Å². The summed E-state index contributed by atoms with van der Waals surface area (Å²) in [6.45, 7) is 4.49. The lowest BCUT2D eigenvalue weighted by molar-refractivity contribution is -0.142. The summed E-state index contributed by atoms with van der Waals surface area (Å²) in [5, 5.41) is 9.15. The number of benzene rings is 2. The molecule has 5 nitrogen and oxygen atoms in total. The van der Waals surface area contributed by atoms with Gasteiger partial charge < -0.3 is 5.11 Å². The zero-order valence-corrected chi connectivity index (χ0v) is 14.0. The molecule has 0 unspecified atom stereocenters. The van der Waals surface area contributed by atoms with E-state index in [1.54, 1.807) is 12.1 Å². The van der Waals surface area contributed by atoms with Gasteiger partial charge in [-0.1, -0.05) is 48.0 Å². The lowest BCUT2D eigenvalue weighted by atomic mass is 10.0. The first-order chi connectivity index (χ1) is 10.6. The van der Waals surface area contributed by atoms with Crippen LogP contribution >= 0.6 is 0 Å². The second-order valence-electron chi connectivity index (χ2n) is 5.90. The summed E-state index contributed by atoms with van der Waals surface area (Å²) in [5.41, 5.74) is 0.613. The number of sulfonamides is 1. The molecule has 23 heavy (non-hydrogen) atoms. The van der Waals surface area contributed by atoms with Crippen LogP contribution in [0.2, 0.25) is 0 Å². The number of nitrogens with one attached hydrogen (secondary N) is 1. The van der Waals surface area contributed by atoms with Crippen LogP contribution in [0, 0.1) is 6.92 Å². The summed E-state index contributed by atoms with van der Waals surface area (Å²) in [4.78, 5) is 11.3. The summed E-state index contributed by atoms with van der Waals surface area (Å²) in [7, 11) is -3.99. The minimum Gasteiger partial charge on any atom is -0.480 e. The van der Waals surface area contributed by atoms with Crippen molar-refractivity contribution in [1.82, 2.24) is 4.72 Å². The molecule has 0 heterocycles. The van der Waals surface area contributed by atoms with Gasteiger partial charge >= 0.3 is 5.97 Å². The highest BCUT2D eigenvalue weighted by Gasteiger charge is 2.34. The molecule has 2 aromatic carbocycles. The van der Waals surface area contributed by atoms with E-state index in [0.717, 1.165) is 11.1 Å². The van der Waals surface area contributed by atoms with Gasteiger partial charge in [-0.15, -0.1) is 0 Å². The van der Waals surface area contributed by atoms with E-state index in [4.69, 9.17) is 5.11 Å². The van der Waals surface area contributed by atoms with Gasteiger partial charge in [0.15, 0.2) is 0 Å². The third kappa shape index (κ3) is 3.78. The van der Waals surface area contributed by atoms with Gasteiger partial charge in [-0.05, 0) is 32.4 Å². The van der Waals surface area contributed by atoms with Gasteiger partial charge in [0.2, 0.25) is 10.0 Å². The van der Waals surface area contributed by atoms with Crippen LogP contribution in [0.15, 0.2) is 53.4 Å². The Morgan fingerprint density at radius 2 is 1.70 bits per heavy atom. The average Bonchev–Trinajstić information content (AvgIpc) is 2.46. The molecule has 0 spiro atoms. The Balaban J connectivity index is 2.58. The van der Waals surface area contributed by atoms with Gasteiger partial charge in [-0.2, -0.15) is 4.72 Å². The Morgan fingerprint density at radius 1 is 1.09 bits per heavy atom. The quantitative estimate of drug-likeness (QED) is 0.881. The third-order valence-corrected chi connectivity index (χ3v) is 5.15. The lowest BCUT2D eigenvalue weighted by Gasteiger charge is -2.22. The van der Waals surface area contributed by atoms with Crippen molar-refractivity contribution < 1.29 is 18.3 Å². The van der Waals surface area contributed by atoms with Crippen LogP contribution in [0.4, 0.5) is 0 Å². The number of aliphatic carboxylic acids is 1. The molecule has 2 rings (SSSR count). The number of carboxylic acid groups (broad SMARTS) is 1. The van der Waals surface area contributed by atoms with E-state index in [0.29, 0.717) is 5.56 Å². The van der Waals surface area contributed by atoms with Crippen molar-refractivity contribution in [2.45, 2.75) is 31.2 Å². The molecule has 122 valence electrons. The molecule has 0 aliphatic carbocycles. The first-order valence-corrected chi connectivity index (χ1v) is 8.55. The number of hydrogen-bond acceptors (Lipinski definition) is 3. The van der Waals surface area contributed by atoms with E-state index in [2.05, 4.69) is 4.72 Å². The maximum absolute atomic E-state index is 12.7. The van der Waals surface area contributed by atoms with Crippen LogP contribution in [0.5, 0.6) is 0 Å². The molecule has 0 aliphatic heterocycles. The molecule has 6 heteroatoms. The van der Waals surface area contributed by atoms with Crippen LogP contribution < -0.4 is 4.72 Å². The van der Waals surface area contributed by atoms with Crippen LogP contribution in [0.25, 0.3) is 11.1 Å². The minimum absolute atomic E-state index is 0.0589. The largest absolute Gasteiger partial charge is 0.480 e. The zero-order valence-electron chi connectivity index (χ0n) is 13.2. The second kappa shape index (κ2) is 6.14. The van der Waals surface area contributed by atoms with E-state index in [1.807, 2.05) is 37.3 Å². The predicted octanol–water partition coefficient (Wildman–Crippen LogP) is 2.80. The number of carboxylic acids is 1. The first-order valence-electron chi connectivity index (χ1n) is 7.07. The van der Waals surface area contributed by atoms with Crippen molar-refractivity contribution >= 4 is 16.0 Å².